The summed E-state index contributed by atoms with van der Waals surface area (Å²) >= 11 is 0. The number of aliphatic hydroxyl groups is 1. The number of carbonyl (C=O) groups is 1. The molecular formula is C21H16F3NO2. The molecule has 6 heteroatoms. The summed E-state index contributed by atoms with van der Waals surface area (Å²) in [6, 6.07) is 12.5. The summed E-state index contributed by atoms with van der Waals surface area (Å²) in [6.45, 7) is 0. The fourth-order valence-corrected chi connectivity index (χ4v) is 4.03. The molecule has 0 heterocycles. The molecule has 4 rings (SSSR count). The first-order valence-electron chi connectivity index (χ1n) is 8.42. The average Bonchev–Trinajstić information content (AvgIpc) is 2.92. The van der Waals surface area contributed by atoms with Gasteiger partial charge in [0.15, 0.2) is 5.60 Å². The third kappa shape index (κ3) is 2.51. The van der Waals surface area contributed by atoms with Crippen LogP contribution in [0.5, 0.6) is 0 Å². The predicted octanol–water partition coefficient (Wildman–Crippen LogP) is 3.90. The van der Waals surface area contributed by atoms with Crippen LogP contribution in [0.4, 0.5) is 13.2 Å². The minimum absolute atomic E-state index is 0.0984. The minimum atomic E-state index is -4.81. The SMILES string of the molecule is NC(=O)c1ccc(C2=CC3C(C=C2)c2ccccc2C3(O)C(F)(F)F)cc1. The van der Waals surface area contributed by atoms with E-state index in [-0.39, 0.29) is 5.56 Å². The maximum Gasteiger partial charge on any atom is 0.422 e. The van der Waals surface area contributed by atoms with Crippen molar-refractivity contribution in [1.29, 1.82) is 0 Å². The smallest absolute Gasteiger partial charge is 0.376 e. The van der Waals surface area contributed by atoms with Crippen molar-refractivity contribution in [2.45, 2.75) is 17.7 Å². The molecule has 0 bridgehead atoms. The quantitative estimate of drug-likeness (QED) is 0.841. The van der Waals surface area contributed by atoms with Gasteiger partial charge in [-0.05, 0) is 34.4 Å². The predicted molar refractivity (Wildman–Crippen MR) is 94.7 cm³/mol. The second kappa shape index (κ2) is 5.82. The van der Waals surface area contributed by atoms with Gasteiger partial charge in [-0.1, -0.05) is 54.6 Å². The van der Waals surface area contributed by atoms with Gasteiger partial charge in [0.05, 0.1) is 0 Å². The van der Waals surface area contributed by atoms with E-state index in [0.29, 0.717) is 22.3 Å². The Balaban J connectivity index is 1.81. The number of rotatable bonds is 2. The standard InChI is InChI=1S/C21H16F3NO2/c22-21(23,24)20(27)17-4-2-1-3-15(17)16-10-9-14(11-18(16)20)12-5-7-13(8-6-12)19(25)26/h1-11,16,18,27H,(H2,25,26). The van der Waals surface area contributed by atoms with Crippen molar-refractivity contribution in [3.05, 3.63) is 89.0 Å². The first kappa shape index (κ1) is 17.5. The van der Waals surface area contributed by atoms with E-state index in [9.17, 15) is 23.1 Å². The van der Waals surface area contributed by atoms with Gasteiger partial charge in [-0.2, -0.15) is 13.2 Å². The molecule has 3 nitrogen and oxygen atoms in total. The van der Waals surface area contributed by atoms with Crippen molar-refractivity contribution >= 4 is 11.5 Å². The normalized spacial score (nSPS) is 26.3. The summed E-state index contributed by atoms with van der Waals surface area (Å²) < 4.78 is 41.7. The van der Waals surface area contributed by atoms with Crippen molar-refractivity contribution in [2.24, 2.45) is 11.7 Å². The number of hydrogen-bond donors (Lipinski definition) is 2. The van der Waals surface area contributed by atoms with E-state index in [1.807, 2.05) is 0 Å². The molecule has 2 aromatic rings. The van der Waals surface area contributed by atoms with E-state index in [4.69, 9.17) is 5.73 Å². The molecule has 3 unspecified atom stereocenters. The molecule has 3 atom stereocenters. The Kier molecular flexibility index (Phi) is 3.78. The van der Waals surface area contributed by atoms with Crippen molar-refractivity contribution in [1.82, 2.24) is 0 Å². The Labute approximate surface area is 153 Å². The Bertz CT molecular complexity index is 976. The van der Waals surface area contributed by atoms with E-state index >= 15 is 0 Å². The lowest BCUT2D eigenvalue weighted by molar-refractivity contribution is -0.277. The zero-order valence-corrected chi connectivity index (χ0v) is 14.1. The van der Waals surface area contributed by atoms with Crippen molar-refractivity contribution in [3.63, 3.8) is 0 Å². The van der Waals surface area contributed by atoms with Crippen molar-refractivity contribution in [2.75, 3.05) is 0 Å². The maximum absolute atomic E-state index is 13.9. The molecule has 2 aliphatic carbocycles. The van der Waals surface area contributed by atoms with Crippen LogP contribution < -0.4 is 5.73 Å². The van der Waals surface area contributed by atoms with Crippen LogP contribution in [0.3, 0.4) is 0 Å². The summed E-state index contributed by atoms with van der Waals surface area (Å²) in [5.74, 6) is -2.29. The first-order valence-corrected chi connectivity index (χ1v) is 8.42. The fraction of sp³-hybridized carbons (Fsp3) is 0.190. The molecule has 0 aliphatic heterocycles. The van der Waals surface area contributed by atoms with Gasteiger partial charge in [0.25, 0.3) is 0 Å². The lowest BCUT2D eigenvalue weighted by Gasteiger charge is -2.34. The van der Waals surface area contributed by atoms with Gasteiger partial charge in [-0.25, -0.2) is 0 Å². The van der Waals surface area contributed by atoms with Gasteiger partial charge in [-0.15, -0.1) is 0 Å². The van der Waals surface area contributed by atoms with Gasteiger partial charge in [-0.3, -0.25) is 4.79 Å². The molecule has 0 aromatic heterocycles. The largest absolute Gasteiger partial charge is 0.422 e. The number of benzene rings is 2. The molecule has 2 aromatic carbocycles. The van der Waals surface area contributed by atoms with Gasteiger partial charge in [0.2, 0.25) is 5.91 Å². The van der Waals surface area contributed by atoms with Gasteiger partial charge < -0.3 is 10.8 Å². The summed E-state index contributed by atoms with van der Waals surface area (Å²) in [6.07, 6.45) is 0.104. The van der Waals surface area contributed by atoms with Crippen LogP contribution in [0.1, 0.15) is 33.0 Å². The summed E-state index contributed by atoms with van der Waals surface area (Å²) in [7, 11) is 0. The molecule has 2 aliphatic rings. The van der Waals surface area contributed by atoms with Gasteiger partial charge in [0.1, 0.15) is 0 Å². The zero-order chi connectivity index (χ0) is 19.4. The van der Waals surface area contributed by atoms with Crippen molar-refractivity contribution in [3.8, 4) is 0 Å². The monoisotopic (exact) mass is 371 g/mol. The number of primary amides is 1. The summed E-state index contributed by atoms with van der Waals surface area (Å²) in [5.41, 5.74) is 4.18. The first-order chi connectivity index (χ1) is 12.7. The number of halogens is 3. The van der Waals surface area contributed by atoms with E-state index < -0.39 is 29.5 Å². The highest BCUT2D eigenvalue weighted by Gasteiger charge is 2.65. The number of fused-ring (bicyclic) bond motifs is 3. The number of hydrogen-bond acceptors (Lipinski definition) is 2. The van der Waals surface area contributed by atoms with Crippen LogP contribution in [0.2, 0.25) is 0 Å². The van der Waals surface area contributed by atoms with Crippen LogP contribution in [-0.4, -0.2) is 17.2 Å². The molecule has 138 valence electrons. The van der Waals surface area contributed by atoms with Gasteiger partial charge in [0, 0.05) is 17.4 Å². The fourth-order valence-electron chi connectivity index (χ4n) is 4.03. The molecule has 0 fully saturated rings. The second-order valence-electron chi connectivity index (χ2n) is 6.83. The molecule has 3 N–H and O–H groups in total. The topological polar surface area (TPSA) is 63.3 Å². The lowest BCUT2D eigenvalue weighted by atomic mass is 9.77. The van der Waals surface area contributed by atoms with E-state index in [1.54, 1.807) is 36.4 Å². The maximum atomic E-state index is 13.9. The van der Waals surface area contributed by atoms with Crippen LogP contribution >= 0.6 is 0 Å². The third-order valence-electron chi connectivity index (χ3n) is 5.38. The van der Waals surface area contributed by atoms with Crippen LogP contribution in [0.25, 0.3) is 5.57 Å². The molecule has 0 radical (unpaired) electrons. The molecule has 0 spiro atoms. The Hall–Kier alpha value is -2.86. The summed E-state index contributed by atoms with van der Waals surface area (Å²) in [5, 5.41) is 10.8. The van der Waals surface area contributed by atoms with Crippen molar-refractivity contribution < 1.29 is 23.1 Å². The molecule has 1 amide bonds. The zero-order valence-electron chi connectivity index (χ0n) is 14.1. The number of carbonyl (C=O) groups excluding carboxylic acids is 1. The Morgan fingerprint density at radius 1 is 1.07 bits per heavy atom. The third-order valence-corrected chi connectivity index (χ3v) is 5.38. The highest BCUT2D eigenvalue weighted by Crippen LogP contribution is 2.59. The van der Waals surface area contributed by atoms with E-state index in [0.717, 1.165) is 0 Å². The number of alkyl halides is 3. The molecule has 0 saturated carbocycles. The van der Waals surface area contributed by atoms with Crippen LogP contribution in [-0.2, 0) is 5.60 Å². The molecular weight excluding hydrogens is 355 g/mol. The summed E-state index contributed by atoms with van der Waals surface area (Å²) in [4.78, 5) is 11.2. The lowest BCUT2D eigenvalue weighted by Crippen LogP contribution is -2.46. The number of amides is 1. The Morgan fingerprint density at radius 2 is 1.74 bits per heavy atom. The van der Waals surface area contributed by atoms with Crippen LogP contribution in [0, 0.1) is 5.92 Å². The Morgan fingerprint density at radius 3 is 2.37 bits per heavy atom. The second-order valence-corrected chi connectivity index (χ2v) is 6.83. The molecule has 27 heavy (non-hydrogen) atoms. The average molecular weight is 371 g/mol. The minimum Gasteiger partial charge on any atom is -0.376 e. The highest BCUT2D eigenvalue weighted by atomic mass is 19.4. The van der Waals surface area contributed by atoms with Gasteiger partial charge >= 0.3 is 6.18 Å². The number of allylic oxidation sites excluding steroid dienone is 3. The van der Waals surface area contributed by atoms with E-state index in [2.05, 4.69) is 0 Å². The number of nitrogens with two attached hydrogens (primary N) is 1. The molecule has 0 saturated heterocycles. The van der Waals surface area contributed by atoms with E-state index in [1.165, 1.54) is 30.3 Å². The highest BCUT2D eigenvalue weighted by molar-refractivity contribution is 5.93. The van der Waals surface area contributed by atoms with Crippen LogP contribution in [0.15, 0.2) is 66.8 Å².